The van der Waals surface area contributed by atoms with Crippen LogP contribution in [0.3, 0.4) is 0 Å². The highest BCUT2D eigenvalue weighted by Crippen LogP contribution is 2.35. The Morgan fingerprint density at radius 2 is 1.91 bits per heavy atom. The number of benzene rings is 1. The number of nitrogens with zero attached hydrogens (tertiary/aromatic N) is 3. The maximum Gasteiger partial charge on any atom is 0.441 e. The topological polar surface area (TPSA) is 68.9 Å². The predicted molar refractivity (Wildman–Crippen MR) is 82.5 cm³/mol. The molecule has 3 rings (SSSR count). The first-order valence-electron chi connectivity index (χ1n) is 6.09. The van der Waals surface area contributed by atoms with Crippen LogP contribution < -0.4 is 0 Å². The van der Waals surface area contributed by atoms with Crippen LogP contribution in [-0.4, -0.2) is 33.1 Å². The van der Waals surface area contributed by atoms with E-state index in [2.05, 4.69) is 10.1 Å². The number of hydrogen-bond acceptors (Lipinski definition) is 4. The van der Waals surface area contributed by atoms with Gasteiger partial charge in [0.15, 0.2) is 5.84 Å². The Hall–Kier alpha value is -2.13. The lowest BCUT2D eigenvalue weighted by Crippen LogP contribution is -2.35. The smallest absolute Gasteiger partial charge is 0.282 e. The first-order valence-corrected chi connectivity index (χ1v) is 7.28. The largest absolute Gasteiger partial charge is 0.441 e. The molecule has 0 aromatic heterocycles. The highest BCUT2D eigenvalue weighted by molar-refractivity contribution is 8.27. The standard InChI is InChI=1S/C13H6ClF3N4OS/c14-7-3-1-6(2-4-7)5-8-9(18)21-12(19-10(8)22)23-11(20-21)13(15,16)17/h1-5,18H/b8-5-,18-9?. The van der Waals surface area contributed by atoms with Crippen LogP contribution in [0, 0.1) is 5.41 Å². The van der Waals surface area contributed by atoms with E-state index in [4.69, 9.17) is 17.0 Å². The van der Waals surface area contributed by atoms with Gasteiger partial charge in [0.25, 0.3) is 5.91 Å². The highest BCUT2D eigenvalue weighted by atomic mass is 35.5. The highest BCUT2D eigenvalue weighted by Gasteiger charge is 2.46. The molecule has 0 spiro atoms. The molecule has 10 heteroatoms. The number of amidine groups is 2. The second-order valence-electron chi connectivity index (χ2n) is 4.47. The number of thioether (sulfide) groups is 1. The van der Waals surface area contributed by atoms with Crippen LogP contribution in [0.15, 0.2) is 39.9 Å². The third kappa shape index (κ3) is 3.02. The van der Waals surface area contributed by atoms with Gasteiger partial charge in [-0.05, 0) is 35.5 Å². The van der Waals surface area contributed by atoms with E-state index in [9.17, 15) is 18.0 Å². The fourth-order valence-corrected chi connectivity index (χ4v) is 2.72. The van der Waals surface area contributed by atoms with E-state index >= 15 is 0 Å². The van der Waals surface area contributed by atoms with Crippen LogP contribution in [0.5, 0.6) is 0 Å². The molecule has 23 heavy (non-hydrogen) atoms. The molecule has 1 aromatic rings. The van der Waals surface area contributed by atoms with Crippen LogP contribution >= 0.6 is 23.4 Å². The molecule has 2 aliphatic heterocycles. The molecule has 118 valence electrons. The zero-order chi connectivity index (χ0) is 16.8. The van der Waals surface area contributed by atoms with Crippen molar-refractivity contribution < 1.29 is 18.0 Å². The molecule has 1 aromatic carbocycles. The van der Waals surface area contributed by atoms with Crippen molar-refractivity contribution >= 4 is 51.4 Å². The molecule has 1 amide bonds. The van der Waals surface area contributed by atoms with Crippen molar-refractivity contribution in [3.8, 4) is 0 Å². The average molecular weight is 359 g/mol. The van der Waals surface area contributed by atoms with Crippen LogP contribution in [0.4, 0.5) is 13.2 Å². The summed E-state index contributed by atoms with van der Waals surface area (Å²) in [6, 6.07) is 6.40. The molecular weight excluding hydrogens is 353 g/mol. The summed E-state index contributed by atoms with van der Waals surface area (Å²) in [6.07, 6.45) is -3.30. The summed E-state index contributed by atoms with van der Waals surface area (Å²) < 4.78 is 38.1. The zero-order valence-corrected chi connectivity index (χ0v) is 12.6. The molecule has 0 radical (unpaired) electrons. The summed E-state index contributed by atoms with van der Waals surface area (Å²) >= 11 is 5.97. The zero-order valence-electron chi connectivity index (χ0n) is 11.1. The molecule has 0 bridgehead atoms. The van der Waals surface area contributed by atoms with E-state index in [1.54, 1.807) is 24.3 Å². The molecule has 2 heterocycles. The number of hydrazone groups is 1. The second-order valence-corrected chi connectivity index (χ2v) is 5.87. The lowest BCUT2D eigenvalue weighted by atomic mass is 10.1. The van der Waals surface area contributed by atoms with E-state index in [1.807, 2.05) is 0 Å². The van der Waals surface area contributed by atoms with Gasteiger partial charge in [0.2, 0.25) is 10.2 Å². The van der Waals surface area contributed by atoms with Crippen molar-refractivity contribution in [3.05, 3.63) is 40.4 Å². The second kappa shape index (κ2) is 5.50. The molecule has 5 nitrogen and oxygen atoms in total. The molecule has 2 aliphatic rings. The van der Waals surface area contributed by atoms with Crippen LogP contribution in [0.2, 0.25) is 5.02 Å². The Morgan fingerprint density at radius 3 is 2.52 bits per heavy atom. The first-order chi connectivity index (χ1) is 10.8. The van der Waals surface area contributed by atoms with Gasteiger partial charge in [-0.3, -0.25) is 10.2 Å². The number of alkyl halides is 3. The number of amides is 1. The quantitative estimate of drug-likeness (QED) is 0.781. The molecular formula is C13H6ClF3N4OS. The van der Waals surface area contributed by atoms with Gasteiger partial charge in [0.05, 0.1) is 5.57 Å². The molecule has 1 N–H and O–H groups in total. The predicted octanol–water partition coefficient (Wildman–Crippen LogP) is 3.52. The normalized spacial score (nSPS) is 19.8. The number of nitrogens with one attached hydrogen (secondary N) is 1. The summed E-state index contributed by atoms with van der Waals surface area (Å²) in [5.74, 6) is -1.25. The molecule has 0 fully saturated rings. The third-order valence-corrected chi connectivity index (χ3v) is 4.08. The number of carbonyl (C=O) groups excluding carboxylic acids is 1. The Balaban J connectivity index is 1.97. The fourth-order valence-electron chi connectivity index (χ4n) is 1.83. The van der Waals surface area contributed by atoms with Crippen molar-refractivity contribution in [3.63, 3.8) is 0 Å². The van der Waals surface area contributed by atoms with Gasteiger partial charge < -0.3 is 0 Å². The third-order valence-electron chi connectivity index (χ3n) is 2.88. The van der Waals surface area contributed by atoms with E-state index in [-0.39, 0.29) is 22.5 Å². The Labute approximate surface area is 137 Å². The van der Waals surface area contributed by atoms with Crippen molar-refractivity contribution in [1.82, 2.24) is 5.01 Å². The minimum Gasteiger partial charge on any atom is -0.282 e. The average Bonchev–Trinajstić information content (AvgIpc) is 2.89. The molecule has 0 unspecified atom stereocenters. The minimum absolute atomic E-state index is 0.149. The van der Waals surface area contributed by atoms with Gasteiger partial charge >= 0.3 is 6.18 Å². The molecule has 0 saturated carbocycles. The van der Waals surface area contributed by atoms with E-state index < -0.39 is 23.0 Å². The molecule has 0 atom stereocenters. The fraction of sp³-hybridized carbons (Fsp3) is 0.0769. The Morgan fingerprint density at radius 1 is 1.26 bits per heavy atom. The van der Waals surface area contributed by atoms with Crippen molar-refractivity contribution in [2.75, 3.05) is 0 Å². The van der Waals surface area contributed by atoms with Gasteiger partial charge in [0, 0.05) is 5.02 Å². The number of fused-ring (bicyclic) bond motifs is 1. The number of hydrogen-bond donors (Lipinski definition) is 1. The van der Waals surface area contributed by atoms with Gasteiger partial charge in [-0.25, -0.2) is 0 Å². The molecule has 0 aliphatic carbocycles. The van der Waals surface area contributed by atoms with Crippen molar-refractivity contribution in [2.24, 2.45) is 10.1 Å². The van der Waals surface area contributed by atoms with Crippen LogP contribution in [0.25, 0.3) is 6.08 Å². The number of rotatable bonds is 1. The SMILES string of the molecule is N=C1/C(=C/c2ccc(Cl)cc2)C(=O)N=C2SC(C(F)(F)F)=NN12. The van der Waals surface area contributed by atoms with E-state index in [0.717, 1.165) is 0 Å². The Bertz CT molecular complexity index is 798. The van der Waals surface area contributed by atoms with Gasteiger partial charge in [0.1, 0.15) is 0 Å². The maximum absolute atomic E-state index is 12.7. The minimum atomic E-state index is -4.66. The summed E-state index contributed by atoms with van der Waals surface area (Å²) in [6.45, 7) is 0. The lowest BCUT2D eigenvalue weighted by molar-refractivity contribution is -0.114. The summed E-state index contributed by atoms with van der Waals surface area (Å²) in [7, 11) is 0. The van der Waals surface area contributed by atoms with Gasteiger partial charge in [-0.1, -0.05) is 23.7 Å². The summed E-state index contributed by atoms with van der Waals surface area (Å²) in [4.78, 5) is 15.6. The monoisotopic (exact) mass is 358 g/mol. The molecule has 0 saturated heterocycles. The number of aliphatic imine (C=N–C) groups is 1. The van der Waals surface area contributed by atoms with E-state index in [1.165, 1.54) is 6.08 Å². The summed E-state index contributed by atoms with van der Waals surface area (Å²) in [5.41, 5.74) is 0.414. The van der Waals surface area contributed by atoms with Gasteiger partial charge in [-0.2, -0.15) is 28.3 Å². The Kier molecular flexibility index (Phi) is 3.77. The first kappa shape index (κ1) is 15.8. The summed E-state index contributed by atoms with van der Waals surface area (Å²) in [5, 5.41) is 11.0. The number of carbonyl (C=O) groups is 1. The number of halogens is 4. The maximum atomic E-state index is 12.7. The van der Waals surface area contributed by atoms with Crippen molar-refractivity contribution in [1.29, 1.82) is 5.41 Å². The van der Waals surface area contributed by atoms with E-state index in [0.29, 0.717) is 15.6 Å². The lowest BCUT2D eigenvalue weighted by Gasteiger charge is -2.20. The van der Waals surface area contributed by atoms with Crippen LogP contribution in [-0.2, 0) is 4.79 Å². The van der Waals surface area contributed by atoms with Crippen molar-refractivity contribution in [2.45, 2.75) is 6.18 Å². The van der Waals surface area contributed by atoms with Crippen LogP contribution in [0.1, 0.15) is 5.56 Å². The van der Waals surface area contributed by atoms with Gasteiger partial charge in [-0.15, -0.1) is 0 Å².